The average Bonchev–Trinajstić information content (AvgIpc) is 2.75. The van der Waals surface area contributed by atoms with Gasteiger partial charge in [-0.15, -0.1) is 5.75 Å². The zero-order valence-corrected chi connectivity index (χ0v) is 17.3. The van der Waals surface area contributed by atoms with Gasteiger partial charge in [-0.2, -0.15) is 4.73 Å². The van der Waals surface area contributed by atoms with Crippen LogP contribution in [0.15, 0.2) is 91.5 Å². The lowest BCUT2D eigenvalue weighted by Gasteiger charge is -1.98. The second kappa shape index (κ2) is 28.7. The molecule has 0 amide bonds. The highest BCUT2D eigenvalue weighted by atomic mass is 16.5. The lowest BCUT2D eigenvalue weighted by Crippen LogP contribution is -2.27. The van der Waals surface area contributed by atoms with Crippen molar-refractivity contribution in [1.29, 1.82) is 0 Å². The molecule has 3 aromatic rings. The first-order chi connectivity index (χ1) is 13.2. The lowest BCUT2D eigenvalue weighted by molar-refractivity contribution is -0.904. The Morgan fingerprint density at radius 2 is 0.929 bits per heavy atom. The van der Waals surface area contributed by atoms with Crippen LogP contribution in [0.25, 0.3) is 0 Å². The molecular weight excluding hydrogens is 352 g/mol. The molecule has 0 bridgehead atoms. The monoisotopic (exact) mass is 390 g/mol. The molecule has 0 atom stereocenters. The normalized spacial score (nSPS) is 7.07. The highest BCUT2D eigenvalue weighted by Gasteiger charge is 1.82. The molecule has 5 nitrogen and oxygen atoms in total. The zero-order valence-electron chi connectivity index (χ0n) is 17.3. The lowest BCUT2D eigenvalue weighted by atomic mass is 10.3. The predicted molar refractivity (Wildman–Crippen MR) is 116 cm³/mol. The van der Waals surface area contributed by atoms with E-state index in [2.05, 4.69) is 0 Å². The van der Waals surface area contributed by atoms with Gasteiger partial charge >= 0.3 is 0 Å². The van der Waals surface area contributed by atoms with E-state index in [-0.39, 0.29) is 13.2 Å². The Labute approximate surface area is 171 Å². The van der Waals surface area contributed by atoms with Gasteiger partial charge in [0.05, 0.1) is 0 Å². The molecule has 0 unspecified atom stereocenters. The SMILES string of the molecule is C.CC.CC.CC.O[n+]1ccccc1.[O-][n+]1ccccc1.[O-]c1ccccc1. The fourth-order valence-electron chi connectivity index (χ4n) is 1.19. The van der Waals surface area contributed by atoms with E-state index >= 15 is 0 Å². The largest absolute Gasteiger partial charge is 0.872 e. The summed E-state index contributed by atoms with van der Waals surface area (Å²) in [6, 6.07) is 18.8. The van der Waals surface area contributed by atoms with Gasteiger partial charge < -0.3 is 10.3 Å². The summed E-state index contributed by atoms with van der Waals surface area (Å²) in [5.74, 6) is 0.0718. The van der Waals surface area contributed by atoms with Gasteiger partial charge in [-0.05, 0) is 0 Å². The van der Waals surface area contributed by atoms with Gasteiger partial charge in [0.1, 0.15) is 0 Å². The summed E-state index contributed by atoms with van der Waals surface area (Å²) in [6.45, 7) is 12.0. The number of hydrogen-bond acceptors (Lipinski definition) is 3. The van der Waals surface area contributed by atoms with Gasteiger partial charge in [-0.1, -0.05) is 91.4 Å². The van der Waals surface area contributed by atoms with E-state index in [0.717, 1.165) is 9.46 Å². The van der Waals surface area contributed by atoms with Crippen molar-refractivity contribution in [1.82, 2.24) is 0 Å². The second-order valence-corrected chi connectivity index (χ2v) is 3.80. The van der Waals surface area contributed by atoms with Crippen LogP contribution in [0.3, 0.4) is 0 Å². The number of aromatic nitrogens is 2. The Morgan fingerprint density at radius 3 is 1.11 bits per heavy atom. The quantitative estimate of drug-likeness (QED) is 0.333. The molecule has 158 valence electrons. The Balaban J connectivity index is -0.000000134. The highest BCUT2D eigenvalue weighted by Crippen LogP contribution is 1.98. The molecule has 28 heavy (non-hydrogen) atoms. The van der Waals surface area contributed by atoms with Gasteiger partial charge in [-0.3, -0.25) is 5.21 Å². The van der Waals surface area contributed by atoms with Gasteiger partial charge in [0.25, 0.3) is 0 Å². The van der Waals surface area contributed by atoms with Crippen LogP contribution in [0.2, 0.25) is 0 Å². The zero-order chi connectivity index (χ0) is 21.3. The first-order valence-electron chi connectivity index (χ1n) is 9.20. The molecule has 0 spiro atoms. The molecule has 1 aromatic carbocycles. The molecule has 0 saturated heterocycles. The number of rotatable bonds is 0. The van der Waals surface area contributed by atoms with Crippen LogP contribution in [0.4, 0.5) is 0 Å². The molecule has 0 aliphatic rings. The van der Waals surface area contributed by atoms with Gasteiger partial charge in [0, 0.05) is 29.0 Å². The smallest absolute Gasteiger partial charge is 0.222 e. The van der Waals surface area contributed by atoms with Crippen molar-refractivity contribution in [3.05, 3.63) is 96.7 Å². The van der Waals surface area contributed by atoms with Crippen molar-refractivity contribution in [2.75, 3.05) is 0 Å². The molecule has 2 heterocycles. The van der Waals surface area contributed by atoms with E-state index < -0.39 is 0 Å². The molecule has 0 saturated carbocycles. The number of benzene rings is 1. The van der Waals surface area contributed by atoms with Gasteiger partial charge in [0.15, 0.2) is 12.4 Å². The van der Waals surface area contributed by atoms with Crippen LogP contribution in [-0.2, 0) is 0 Å². The van der Waals surface area contributed by atoms with E-state index in [1.807, 2.05) is 53.7 Å². The molecule has 3 rings (SSSR count). The predicted octanol–water partition coefficient (Wildman–Crippen LogP) is 5.01. The summed E-state index contributed by atoms with van der Waals surface area (Å²) in [7, 11) is 0. The summed E-state index contributed by atoms with van der Waals surface area (Å²) < 4.78 is 1.75. The average molecular weight is 391 g/mol. The van der Waals surface area contributed by atoms with Crippen LogP contribution >= 0.6 is 0 Å². The van der Waals surface area contributed by atoms with E-state index in [1.54, 1.807) is 54.9 Å². The van der Waals surface area contributed by atoms with E-state index in [1.165, 1.54) is 24.5 Å². The Hall–Kier alpha value is -3.08. The fourth-order valence-corrected chi connectivity index (χ4v) is 1.19. The maximum absolute atomic E-state index is 10.3. The van der Waals surface area contributed by atoms with Crippen LogP contribution in [0.5, 0.6) is 5.75 Å². The van der Waals surface area contributed by atoms with E-state index in [9.17, 15) is 10.3 Å². The van der Waals surface area contributed by atoms with E-state index in [0.29, 0.717) is 0 Å². The van der Waals surface area contributed by atoms with Crippen LogP contribution in [-0.4, -0.2) is 5.21 Å². The molecule has 1 N–H and O–H groups in total. The number of hydrogen-bond donors (Lipinski definition) is 1. The van der Waals surface area contributed by atoms with Gasteiger partial charge in [0.2, 0.25) is 12.4 Å². The van der Waals surface area contributed by atoms with Crippen molar-refractivity contribution in [2.24, 2.45) is 0 Å². The molecule has 0 aliphatic heterocycles. The van der Waals surface area contributed by atoms with Gasteiger partial charge in [-0.25, -0.2) is 0 Å². The Morgan fingerprint density at radius 1 is 0.607 bits per heavy atom. The standard InChI is InChI=1S/C6H6O.C5H6NO.C5H5NO.3C2H6.CH4/c3*7-6-4-2-1-3-5-6;3*1-2;/h2*1-5,7H;1-5H;3*1-2H3;1H4/q;+1;;;;;/p-1. The minimum atomic E-state index is 0. The third-order valence-electron chi connectivity index (χ3n) is 2.13. The number of pyridine rings is 2. The fraction of sp³-hybridized carbons (Fsp3) is 0.304. The Kier molecular flexibility index (Phi) is 33.4. The van der Waals surface area contributed by atoms with Crippen LogP contribution in [0, 0.1) is 5.21 Å². The molecule has 0 aliphatic carbocycles. The van der Waals surface area contributed by atoms with Crippen LogP contribution in [0.1, 0.15) is 49.0 Å². The molecule has 0 fully saturated rings. The maximum Gasteiger partial charge on any atom is 0.222 e. The highest BCUT2D eigenvalue weighted by molar-refractivity contribution is 5.17. The summed E-state index contributed by atoms with van der Waals surface area (Å²) >= 11 is 0. The van der Waals surface area contributed by atoms with Crippen molar-refractivity contribution < 1.29 is 19.8 Å². The third kappa shape index (κ3) is 25.2. The topological polar surface area (TPSA) is 74.1 Å². The van der Waals surface area contributed by atoms with E-state index in [4.69, 9.17) is 5.21 Å². The van der Waals surface area contributed by atoms with Crippen molar-refractivity contribution in [3.63, 3.8) is 0 Å². The van der Waals surface area contributed by atoms with Crippen molar-refractivity contribution in [2.45, 2.75) is 49.0 Å². The first-order valence-corrected chi connectivity index (χ1v) is 9.20. The summed E-state index contributed by atoms with van der Waals surface area (Å²) in [6.07, 6.45) is 6.00. The first kappa shape index (κ1) is 32.6. The summed E-state index contributed by atoms with van der Waals surface area (Å²) in [5, 5.41) is 29.0. The molecular formula is C23H38N2O3. The minimum absolute atomic E-state index is 0. The number of nitrogens with zero attached hydrogens (tertiary/aromatic N) is 2. The second-order valence-electron chi connectivity index (χ2n) is 3.80. The van der Waals surface area contributed by atoms with Crippen molar-refractivity contribution >= 4 is 0 Å². The maximum atomic E-state index is 10.3. The van der Waals surface area contributed by atoms with Crippen LogP contribution < -0.4 is 14.6 Å². The minimum Gasteiger partial charge on any atom is -0.872 e. The molecule has 5 heteroatoms. The molecule has 0 radical (unpaired) electrons. The third-order valence-corrected chi connectivity index (χ3v) is 2.13. The number of para-hydroxylation sites is 1. The van der Waals surface area contributed by atoms with Crippen molar-refractivity contribution in [3.8, 4) is 5.75 Å². The summed E-state index contributed by atoms with van der Waals surface area (Å²) in [5.41, 5.74) is 0. The molecule has 2 aromatic heterocycles. The summed E-state index contributed by atoms with van der Waals surface area (Å²) in [4.78, 5) is 0. The Bertz CT molecular complexity index is 503.